The van der Waals surface area contributed by atoms with E-state index in [0.29, 0.717) is 0 Å². The van der Waals surface area contributed by atoms with E-state index in [-0.39, 0.29) is 11.3 Å². The second kappa shape index (κ2) is 4.88. The second-order valence-corrected chi connectivity index (χ2v) is 6.60. The highest BCUT2D eigenvalue weighted by Gasteiger charge is 2.38. The topological polar surface area (TPSA) is 29.1 Å². The lowest BCUT2D eigenvalue weighted by Gasteiger charge is -2.17. The predicted octanol–water partition coefficient (Wildman–Crippen LogP) is 4.55. The molecule has 1 amide bonds. The minimum Gasteiger partial charge on any atom is -0.325 e. The number of carbonyl (C=O) groups excluding carboxylic acids is 1. The molecule has 0 aromatic heterocycles. The first-order valence-corrected chi connectivity index (χ1v) is 7.50. The molecule has 21 heavy (non-hydrogen) atoms. The van der Waals surface area contributed by atoms with E-state index < -0.39 is 5.41 Å². The highest BCUT2D eigenvalue weighted by atomic mass is 35.5. The Hall–Kier alpha value is -1.80. The number of alkyl halides is 1. The molecular weight excluding hydrogens is 282 g/mol. The molecular formula is C18H18ClNO. The zero-order valence-corrected chi connectivity index (χ0v) is 13.2. The molecule has 3 rings (SSSR count). The Bertz CT molecular complexity index is 721. The van der Waals surface area contributed by atoms with Crippen LogP contribution in [0.3, 0.4) is 0 Å². The van der Waals surface area contributed by atoms with E-state index in [1.807, 2.05) is 44.2 Å². The van der Waals surface area contributed by atoms with Crippen LogP contribution in [0.25, 0.3) is 0 Å². The van der Waals surface area contributed by atoms with Crippen LogP contribution in [-0.4, -0.2) is 5.91 Å². The largest absolute Gasteiger partial charge is 0.325 e. The Balaban J connectivity index is 2.02. The van der Waals surface area contributed by atoms with Crippen molar-refractivity contribution >= 4 is 23.2 Å². The third kappa shape index (κ3) is 2.34. The van der Waals surface area contributed by atoms with E-state index in [4.69, 9.17) is 11.6 Å². The van der Waals surface area contributed by atoms with Gasteiger partial charge in [0, 0.05) is 5.69 Å². The molecule has 2 aromatic rings. The Labute approximate surface area is 130 Å². The summed E-state index contributed by atoms with van der Waals surface area (Å²) in [5.74, 6) is 0.0383. The lowest BCUT2D eigenvalue weighted by atomic mass is 9.85. The normalized spacial score (nSPS) is 17.2. The summed E-state index contributed by atoms with van der Waals surface area (Å²) in [5.41, 5.74) is 4.69. The van der Waals surface area contributed by atoms with Gasteiger partial charge in [-0.3, -0.25) is 4.79 Å². The molecule has 0 fully saturated rings. The second-order valence-electron chi connectivity index (χ2n) is 6.16. The molecule has 3 heteroatoms. The van der Waals surface area contributed by atoms with Gasteiger partial charge in [0.1, 0.15) is 0 Å². The van der Waals surface area contributed by atoms with Crippen molar-refractivity contribution in [3.05, 3.63) is 64.7 Å². The van der Waals surface area contributed by atoms with Crippen LogP contribution in [0.4, 0.5) is 5.69 Å². The van der Waals surface area contributed by atoms with Gasteiger partial charge in [-0.25, -0.2) is 0 Å². The fourth-order valence-corrected chi connectivity index (χ4v) is 3.04. The zero-order valence-electron chi connectivity index (χ0n) is 12.4. The van der Waals surface area contributed by atoms with Crippen LogP contribution in [0.5, 0.6) is 0 Å². The molecule has 0 saturated carbocycles. The van der Waals surface area contributed by atoms with Crippen molar-refractivity contribution in [2.45, 2.75) is 31.6 Å². The average Bonchev–Trinajstić information content (AvgIpc) is 2.68. The summed E-state index contributed by atoms with van der Waals surface area (Å²) in [6, 6.07) is 14.2. The van der Waals surface area contributed by atoms with Gasteiger partial charge < -0.3 is 5.32 Å². The standard InChI is InChI=1S/C18H18ClNO/c1-11-5-4-6-12(9-11)16(19)13-7-8-15-14(10-13)18(2,3)17(21)20-15/h4-10,16H,1-3H3,(H,20,21). The van der Waals surface area contributed by atoms with Crippen molar-refractivity contribution in [3.63, 3.8) is 0 Å². The minimum absolute atomic E-state index is 0.0383. The van der Waals surface area contributed by atoms with Crippen LogP contribution in [0.15, 0.2) is 42.5 Å². The maximum Gasteiger partial charge on any atom is 0.234 e. The van der Waals surface area contributed by atoms with E-state index >= 15 is 0 Å². The monoisotopic (exact) mass is 299 g/mol. The van der Waals surface area contributed by atoms with Crippen molar-refractivity contribution in [1.29, 1.82) is 0 Å². The summed E-state index contributed by atoms with van der Waals surface area (Å²) in [7, 11) is 0. The lowest BCUT2D eigenvalue weighted by molar-refractivity contribution is -0.119. The fraction of sp³-hybridized carbons (Fsp3) is 0.278. The predicted molar refractivity (Wildman–Crippen MR) is 87.0 cm³/mol. The minimum atomic E-state index is -0.505. The van der Waals surface area contributed by atoms with E-state index in [1.54, 1.807) is 0 Å². The van der Waals surface area contributed by atoms with E-state index in [0.717, 1.165) is 22.4 Å². The maximum absolute atomic E-state index is 12.0. The summed E-state index contributed by atoms with van der Waals surface area (Å²) in [6.45, 7) is 5.93. The Morgan fingerprint density at radius 1 is 1.10 bits per heavy atom. The van der Waals surface area contributed by atoms with Crippen LogP contribution in [0, 0.1) is 6.92 Å². The van der Waals surface area contributed by atoms with E-state index in [9.17, 15) is 4.79 Å². The van der Waals surface area contributed by atoms with E-state index in [1.165, 1.54) is 5.56 Å². The molecule has 0 spiro atoms. The van der Waals surface area contributed by atoms with Crippen molar-refractivity contribution in [3.8, 4) is 0 Å². The first-order valence-electron chi connectivity index (χ1n) is 7.06. The van der Waals surface area contributed by atoms with Gasteiger partial charge >= 0.3 is 0 Å². The molecule has 1 atom stereocenters. The van der Waals surface area contributed by atoms with Gasteiger partial charge in [-0.05, 0) is 43.5 Å². The molecule has 0 saturated heterocycles. The van der Waals surface area contributed by atoms with Crippen molar-refractivity contribution in [2.75, 3.05) is 5.32 Å². The molecule has 1 N–H and O–H groups in total. The maximum atomic E-state index is 12.0. The SMILES string of the molecule is Cc1cccc(C(Cl)c2ccc3c(c2)C(C)(C)C(=O)N3)c1. The van der Waals surface area contributed by atoms with Gasteiger partial charge in [-0.2, -0.15) is 0 Å². The van der Waals surface area contributed by atoms with Crippen LogP contribution < -0.4 is 5.32 Å². The number of amides is 1. The highest BCUT2D eigenvalue weighted by Crippen LogP contribution is 2.40. The Kier molecular flexibility index (Phi) is 3.29. The molecule has 1 unspecified atom stereocenters. The molecule has 0 radical (unpaired) electrons. The molecule has 1 heterocycles. The van der Waals surface area contributed by atoms with Crippen LogP contribution in [0.2, 0.25) is 0 Å². The highest BCUT2D eigenvalue weighted by molar-refractivity contribution is 6.22. The number of nitrogens with one attached hydrogen (secondary N) is 1. The summed E-state index contributed by atoms with van der Waals surface area (Å²) in [4.78, 5) is 12.0. The van der Waals surface area contributed by atoms with Gasteiger partial charge in [0.15, 0.2) is 0 Å². The number of benzene rings is 2. The number of halogens is 1. The summed E-state index contributed by atoms with van der Waals surface area (Å²) >= 11 is 6.63. The number of carbonyl (C=O) groups is 1. The number of aryl methyl sites for hydroxylation is 1. The Morgan fingerprint density at radius 3 is 2.52 bits per heavy atom. The molecule has 0 bridgehead atoms. The molecule has 1 aliphatic heterocycles. The first kappa shape index (κ1) is 14.2. The van der Waals surface area contributed by atoms with Crippen molar-refractivity contribution < 1.29 is 4.79 Å². The molecule has 2 aromatic carbocycles. The van der Waals surface area contributed by atoms with Crippen LogP contribution in [-0.2, 0) is 10.2 Å². The summed E-state index contributed by atoms with van der Waals surface area (Å²) < 4.78 is 0. The number of fused-ring (bicyclic) bond motifs is 1. The van der Waals surface area contributed by atoms with Gasteiger partial charge in [0.25, 0.3) is 0 Å². The van der Waals surface area contributed by atoms with Gasteiger partial charge in [-0.1, -0.05) is 42.0 Å². The van der Waals surface area contributed by atoms with Crippen LogP contribution >= 0.6 is 11.6 Å². The van der Waals surface area contributed by atoms with E-state index in [2.05, 4.69) is 24.4 Å². The number of anilines is 1. The molecule has 0 aliphatic carbocycles. The molecule has 108 valence electrons. The first-order chi connectivity index (χ1) is 9.89. The third-order valence-electron chi connectivity index (χ3n) is 4.16. The fourth-order valence-electron chi connectivity index (χ4n) is 2.77. The van der Waals surface area contributed by atoms with Crippen molar-refractivity contribution in [1.82, 2.24) is 0 Å². The van der Waals surface area contributed by atoms with Gasteiger partial charge in [-0.15, -0.1) is 11.6 Å². The zero-order chi connectivity index (χ0) is 15.2. The quantitative estimate of drug-likeness (QED) is 0.810. The van der Waals surface area contributed by atoms with Crippen LogP contribution in [0.1, 0.15) is 41.5 Å². The summed E-state index contributed by atoms with van der Waals surface area (Å²) in [6.07, 6.45) is 0. The third-order valence-corrected chi connectivity index (χ3v) is 4.66. The van der Waals surface area contributed by atoms with Crippen molar-refractivity contribution in [2.24, 2.45) is 0 Å². The number of hydrogen-bond donors (Lipinski definition) is 1. The molecule has 2 nitrogen and oxygen atoms in total. The lowest BCUT2D eigenvalue weighted by Crippen LogP contribution is -2.26. The average molecular weight is 300 g/mol. The summed E-state index contributed by atoms with van der Waals surface area (Å²) in [5, 5.41) is 2.71. The molecule has 1 aliphatic rings. The van der Waals surface area contributed by atoms with Gasteiger partial charge in [0.05, 0.1) is 10.8 Å². The van der Waals surface area contributed by atoms with Gasteiger partial charge in [0.2, 0.25) is 5.91 Å². The smallest absolute Gasteiger partial charge is 0.234 e. The Morgan fingerprint density at radius 2 is 1.81 bits per heavy atom. The number of rotatable bonds is 2. The number of hydrogen-bond acceptors (Lipinski definition) is 1.